The van der Waals surface area contributed by atoms with Gasteiger partial charge in [-0.25, -0.2) is 4.98 Å². The molecule has 4 heteroatoms. The molecule has 0 unspecified atom stereocenters. The van der Waals surface area contributed by atoms with Gasteiger partial charge in [-0.3, -0.25) is 0 Å². The third-order valence-electron chi connectivity index (χ3n) is 2.34. The Morgan fingerprint density at radius 2 is 2.19 bits per heavy atom. The first kappa shape index (κ1) is 11.0. The van der Waals surface area contributed by atoms with Gasteiger partial charge < -0.3 is 9.30 Å². The van der Waals surface area contributed by atoms with E-state index in [9.17, 15) is 0 Å². The number of para-hydroxylation sites is 1. The molecule has 2 aromatic rings. The van der Waals surface area contributed by atoms with Gasteiger partial charge in [-0.1, -0.05) is 23.7 Å². The van der Waals surface area contributed by atoms with Gasteiger partial charge in [-0.05, 0) is 19.1 Å². The molecule has 0 radical (unpaired) electrons. The minimum Gasteiger partial charge on any atom is -0.484 e. The van der Waals surface area contributed by atoms with E-state index >= 15 is 0 Å². The van der Waals surface area contributed by atoms with Crippen molar-refractivity contribution in [1.82, 2.24) is 9.55 Å². The average molecular weight is 237 g/mol. The average Bonchev–Trinajstić information content (AvgIpc) is 2.75. The SMILES string of the molecule is CCn1ccnc1COc1ccccc1Cl. The van der Waals surface area contributed by atoms with Crippen molar-refractivity contribution in [2.24, 2.45) is 0 Å². The van der Waals surface area contributed by atoms with Crippen molar-refractivity contribution in [1.29, 1.82) is 0 Å². The summed E-state index contributed by atoms with van der Waals surface area (Å²) in [6.07, 6.45) is 3.71. The summed E-state index contributed by atoms with van der Waals surface area (Å²) in [5.74, 6) is 1.59. The van der Waals surface area contributed by atoms with Crippen LogP contribution in [-0.4, -0.2) is 9.55 Å². The second kappa shape index (κ2) is 5.03. The van der Waals surface area contributed by atoms with Crippen LogP contribution in [-0.2, 0) is 13.2 Å². The Labute approximate surface area is 99.6 Å². The Balaban J connectivity index is 2.05. The zero-order chi connectivity index (χ0) is 11.4. The largest absolute Gasteiger partial charge is 0.484 e. The maximum atomic E-state index is 5.99. The number of aromatic nitrogens is 2. The van der Waals surface area contributed by atoms with E-state index in [4.69, 9.17) is 16.3 Å². The molecule has 1 heterocycles. The van der Waals surface area contributed by atoms with E-state index in [1.807, 2.05) is 35.0 Å². The summed E-state index contributed by atoms with van der Waals surface area (Å²) >= 11 is 5.99. The molecule has 3 nitrogen and oxygen atoms in total. The smallest absolute Gasteiger partial charge is 0.146 e. The van der Waals surface area contributed by atoms with Crippen LogP contribution in [0.3, 0.4) is 0 Å². The molecule has 0 aliphatic heterocycles. The lowest BCUT2D eigenvalue weighted by Gasteiger charge is -2.08. The van der Waals surface area contributed by atoms with Gasteiger partial charge in [0.1, 0.15) is 18.2 Å². The molecular weight excluding hydrogens is 224 g/mol. The van der Waals surface area contributed by atoms with Crippen molar-refractivity contribution in [3.8, 4) is 5.75 Å². The Kier molecular flexibility index (Phi) is 3.47. The molecule has 0 bridgehead atoms. The van der Waals surface area contributed by atoms with E-state index in [1.165, 1.54) is 0 Å². The van der Waals surface area contributed by atoms with Crippen molar-refractivity contribution in [2.75, 3.05) is 0 Å². The first-order valence-corrected chi connectivity index (χ1v) is 5.56. The van der Waals surface area contributed by atoms with Crippen molar-refractivity contribution < 1.29 is 4.74 Å². The third kappa shape index (κ3) is 2.36. The topological polar surface area (TPSA) is 27.1 Å². The fourth-order valence-electron chi connectivity index (χ4n) is 1.47. The van der Waals surface area contributed by atoms with Crippen LogP contribution < -0.4 is 4.74 Å². The van der Waals surface area contributed by atoms with Crippen LogP contribution in [0.5, 0.6) is 5.75 Å². The maximum absolute atomic E-state index is 5.99. The molecule has 0 aliphatic carbocycles. The molecule has 84 valence electrons. The van der Waals surface area contributed by atoms with Gasteiger partial charge in [0.15, 0.2) is 0 Å². The maximum Gasteiger partial charge on any atom is 0.146 e. The quantitative estimate of drug-likeness (QED) is 0.816. The third-order valence-corrected chi connectivity index (χ3v) is 2.65. The minimum atomic E-state index is 0.435. The standard InChI is InChI=1S/C12H13ClN2O/c1-2-15-8-7-14-12(15)9-16-11-6-4-3-5-10(11)13/h3-8H,2,9H2,1H3. The summed E-state index contributed by atoms with van der Waals surface area (Å²) in [7, 11) is 0. The monoisotopic (exact) mass is 236 g/mol. The number of halogens is 1. The molecule has 0 aliphatic rings. The number of ether oxygens (including phenoxy) is 1. The number of hydrogen-bond acceptors (Lipinski definition) is 2. The van der Waals surface area contributed by atoms with E-state index in [0.29, 0.717) is 17.4 Å². The Hall–Kier alpha value is -1.48. The summed E-state index contributed by atoms with van der Waals surface area (Å²) < 4.78 is 7.65. The van der Waals surface area contributed by atoms with Gasteiger partial charge >= 0.3 is 0 Å². The van der Waals surface area contributed by atoms with Gasteiger partial charge in [0, 0.05) is 18.9 Å². The van der Waals surface area contributed by atoms with Gasteiger partial charge in [0.05, 0.1) is 5.02 Å². The summed E-state index contributed by atoms with van der Waals surface area (Å²) in [6.45, 7) is 3.40. The van der Waals surface area contributed by atoms with E-state index in [1.54, 1.807) is 6.20 Å². The highest BCUT2D eigenvalue weighted by Gasteiger charge is 2.04. The number of imidazole rings is 1. The normalized spacial score (nSPS) is 10.4. The zero-order valence-electron chi connectivity index (χ0n) is 9.06. The molecule has 0 fully saturated rings. The van der Waals surface area contributed by atoms with Crippen molar-refractivity contribution >= 4 is 11.6 Å². The Bertz CT molecular complexity index is 468. The van der Waals surface area contributed by atoms with Crippen LogP contribution in [0.2, 0.25) is 5.02 Å². The molecule has 0 spiro atoms. The predicted octanol–water partition coefficient (Wildman–Crippen LogP) is 3.14. The molecule has 2 rings (SSSR count). The zero-order valence-corrected chi connectivity index (χ0v) is 9.81. The second-order valence-corrected chi connectivity index (χ2v) is 3.76. The fraction of sp³-hybridized carbons (Fsp3) is 0.250. The first-order valence-electron chi connectivity index (χ1n) is 5.18. The lowest BCUT2D eigenvalue weighted by Crippen LogP contribution is -2.05. The van der Waals surface area contributed by atoms with Crippen LogP contribution >= 0.6 is 11.6 Å². The number of hydrogen-bond donors (Lipinski definition) is 0. The molecule has 0 amide bonds. The fourth-order valence-corrected chi connectivity index (χ4v) is 1.66. The first-order chi connectivity index (χ1) is 7.81. The minimum absolute atomic E-state index is 0.435. The molecular formula is C12H13ClN2O. The summed E-state index contributed by atoms with van der Waals surface area (Å²) in [5, 5.41) is 0.622. The molecule has 0 atom stereocenters. The van der Waals surface area contributed by atoms with Crippen LogP contribution in [0, 0.1) is 0 Å². The molecule has 0 saturated carbocycles. The van der Waals surface area contributed by atoms with E-state index < -0.39 is 0 Å². The lowest BCUT2D eigenvalue weighted by molar-refractivity contribution is 0.290. The highest BCUT2D eigenvalue weighted by atomic mass is 35.5. The number of rotatable bonds is 4. The Morgan fingerprint density at radius 3 is 2.94 bits per heavy atom. The highest BCUT2D eigenvalue weighted by Crippen LogP contribution is 2.23. The highest BCUT2D eigenvalue weighted by molar-refractivity contribution is 6.32. The van der Waals surface area contributed by atoms with Gasteiger partial charge in [-0.2, -0.15) is 0 Å². The van der Waals surface area contributed by atoms with Gasteiger partial charge in [0.25, 0.3) is 0 Å². The van der Waals surface area contributed by atoms with E-state index in [2.05, 4.69) is 11.9 Å². The molecule has 0 saturated heterocycles. The molecule has 1 aromatic heterocycles. The van der Waals surface area contributed by atoms with Crippen molar-refractivity contribution in [3.05, 3.63) is 47.5 Å². The number of aryl methyl sites for hydroxylation is 1. The second-order valence-electron chi connectivity index (χ2n) is 3.35. The van der Waals surface area contributed by atoms with E-state index in [0.717, 1.165) is 12.4 Å². The number of nitrogens with zero attached hydrogens (tertiary/aromatic N) is 2. The predicted molar refractivity (Wildman–Crippen MR) is 63.7 cm³/mol. The molecule has 1 aromatic carbocycles. The summed E-state index contributed by atoms with van der Waals surface area (Å²) in [4.78, 5) is 4.23. The van der Waals surface area contributed by atoms with E-state index in [-0.39, 0.29) is 0 Å². The van der Waals surface area contributed by atoms with Crippen LogP contribution in [0.15, 0.2) is 36.7 Å². The lowest BCUT2D eigenvalue weighted by atomic mass is 10.3. The molecule has 0 N–H and O–H groups in total. The van der Waals surface area contributed by atoms with Crippen LogP contribution in [0.25, 0.3) is 0 Å². The van der Waals surface area contributed by atoms with Crippen LogP contribution in [0.4, 0.5) is 0 Å². The summed E-state index contributed by atoms with van der Waals surface area (Å²) in [5.41, 5.74) is 0. The number of benzene rings is 1. The van der Waals surface area contributed by atoms with Crippen molar-refractivity contribution in [3.63, 3.8) is 0 Å². The van der Waals surface area contributed by atoms with Crippen LogP contribution in [0.1, 0.15) is 12.7 Å². The van der Waals surface area contributed by atoms with Gasteiger partial charge in [-0.15, -0.1) is 0 Å². The molecule has 16 heavy (non-hydrogen) atoms. The van der Waals surface area contributed by atoms with Crippen molar-refractivity contribution in [2.45, 2.75) is 20.1 Å². The Morgan fingerprint density at radius 1 is 1.38 bits per heavy atom. The summed E-state index contributed by atoms with van der Waals surface area (Å²) in [6, 6.07) is 7.43. The van der Waals surface area contributed by atoms with Gasteiger partial charge in [0.2, 0.25) is 0 Å².